The van der Waals surface area contributed by atoms with E-state index in [1.165, 1.54) is 16.9 Å². The highest BCUT2D eigenvalue weighted by atomic mass is 32.1. The van der Waals surface area contributed by atoms with Gasteiger partial charge in [0.05, 0.1) is 11.7 Å². The number of benzene rings is 1. The quantitative estimate of drug-likeness (QED) is 0.736. The van der Waals surface area contributed by atoms with Crippen LogP contribution in [0.2, 0.25) is 0 Å². The Morgan fingerprint density at radius 2 is 1.64 bits per heavy atom. The molecule has 0 atom stereocenters. The van der Waals surface area contributed by atoms with Crippen LogP contribution in [-0.2, 0) is 4.74 Å². The number of thiophene rings is 1. The van der Waals surface area contributed by atoms with E-state index in [1.807, 2.05) is 38.1 Å². The third-order valence-corrected chi connectivity index (χ3v) is 5.12. The van der Waals surface area contributed by atoms with Crippen molar-refractivity contribution in [2.45, 2.75) is 53.6 Å². The highest BCUT2D eigenvalue weighted by Gasteiger charge is 2.23. The molecule has 1 aromatic carbocycles. The molecule has 0 bridgehead atoms. The topological polar surface area (TPSA) is 55.4 Å². The van der Waals surface area contributed by atoms with Crippen LogP contribution in [-0.4, -0.2) is 18.0 Å². The van der Waals surface area contributed by atoms with E-state index in [-0.39, 0.29) is 12.0 Å². The molecular formula is C20H25NO3S. The number of carbonyl (C=O) groups excluding carboxylic acids is 2. The van der Waals surface area contributed by atoms with Crippen LogP contribution in [0.4, 0.5) is 5.00 Å². The first-order valence-electron chi connectivity index (χ1n) is 8.43. The zero-order valence-electron chi connectivity index (χ0n) is 15.6. The number of hydrogen-bond donors (Lipinski definition) is 1. The minimum atomic E-state index is -0.401. The van der Waals surface area contributed by atoms with Gasteiger partial charge in [-0.15, -0.1) is 11.3 Å². The number of amides is 1. The van der Waals surface area contributed by atoms with Crippen LogP contribution in [0.5, 0.6) is 0 Å². The molecule has 0 aliphatic rings. The maximum absolute atomic E-state index is 12.6. The van der Waals surface area contributed by atoms with E-state index < -0.39 is 5.97 Å². The molecule has 2 aromatic rings. The van der Waals surface area contributed by atoms with Crippen LogP contribution in [0.15, 0.2) is 24.3 Å². The highest BCUT2D eigenvalue weighted by Crippen LogP contribution is 2.33. The first-order chi connectivity index (χ1) is 11.7. The average molecular weight is 359 g/mol. The number of anilines is 1. The predicted molar refractivity (Wildman–Crippen MR) is 103 cm³/mol. The molecule has 1 amide bonds. The summed E-state index contributed by atoms with van der Waals surface area (Å²) >= 11 is 1.39. The molecule has 0 radical (unpaired) electrons. The molecule has 1 aromatic heterocycles. The van der Waals surface area contributed by atoms with Crippen molar-refractivity contribution in [3.05, 3.63) is 51.4 Å². The molecular weight excluding hydrogens is 334 g/mol. The molecule has 4 nitrogen and oxygen atoms in total. The van der Waals surface area contributed by atoms with Gasteiger partial charge in [-0.25, -0.2) is 4.79 Å². The Hall–Kier alpha value is -2.14. The standard InChI is InChI=1S/C20H25NO3S/c1-11(2)15-7-9-16(10-8-15)18(22)21-19-17(13(5)14(6)25-19)20(23)24-12(3)4/h7-12H,1-6H3,(H,21,22). The maximum Gasteiger partial charge on any atom is 0.341 e. The van der Waals surface area contributed by atoms with Gasteiger partial charge in [0, 0.05) is 10.4 Å². The van der Waals surface area contributed by atoms with Gasteiger partial charge < -0.3 is 10.1 Å². The van der Waals surface area contributed by atoms with Crippen molar-refractivity contribution >= 4 is 28.2 Å². The molecule has 0 fully saturated rings. The summed E-state index contributed by atoms with van der Waals surface area (Å²) in [4.78, 5) is 25.9. The third kappa shape index (κ3) is 4.48. The number of ether oxygens (including phenoxy) is 1. The molecule has 1 heterocycles. The van der Waals surface area contributed by atoms with E-state index >= 15 is 0 Å². The van der Waals surface area contributed by atoms with E-state index in [1.54, 1.807) is 13.8 Å². The normalized spacial score (nSPS) is 11.0. The third-order valence-electron chi connectivity index (χ3n) is 4.00. The number of aryl methyl sites for hydroxylation is 1. The van der Waals surface area contributed by atoms with Crippen molar-refractivity contribution in [2.24, 2.45) is 0 Å². The molecule has 0 aliphatic carbocycles. The van der Waals surface area contributed by atoms with Crippen LogP contribution < -0.4 is 5.32 Å². The zero-order chi connectivity index (χ0) is 18.7. The summed E-state index contributed by atoms with van der Waals surface area (Å²) in [6.45, 7) is 11.6. The monoisotopic (exact) mass is 359 g/mol. The second-order valence-corrected chi connectivity index (χ2v) is 7.90. The second kappa shape index (κ2) is 7.83. The largest absolute Gasteiger partial charge is 0.459 e. The van der Waals surface area contributed by atoms with Crippen molar-refractivity contribution in [1.82, 2.24) is 0 Å². The van der Waals surface area contributed by atoms with E-state index in [9.17, 15) is 9.59 Å². The fourth-order valence-corrected chi connectivity index (χ4v) is 3.47. The summed E-state index contributed by atoms with van der Waals surface area (Å²) in [5.74, 6) is -0.213. The summed E-state index contributed by atoms with van der Waals surface area (Å²) in [6.07, 6.45) is -0.209. The first kappa shape index (κ1) is 19.2. The Labute approximate surface area is 153 Å². The lowest BCUT2D eigenvalue weighted by atomic mass is 10.0. The van der Waals surface area contributed by atoms with E-state index in [0.29, 0.717) is 22.0 Å². The minimum Gasteiger partial charge on any atom is -0.459 e. The van der Waals surface area contributed by atoms with Crippen LogP contribution >= 0.6 is 11.3 Å². The Balaban J connectivity index is 2.26. The molecule has 0 aliphatic heterocycles. The van der Waals surface area contributed by atoms with Crippen molar-refractivity contribution in [3.63, 3.8) is 0 Å². The Kier molecular flexibility index (Phi) is 6.01. The van der Waals surface area contributed by atoms with Crippen molar-refractivity contribution in [3.8, 4) is 0 Å². The minimum absolute atomic E-state index is 0.209. The van der Waals surface area contributed by atoms with Crippen LogP contribution in [0.25, 0.3) is 0 Å². The smallest absolute Gasteiger partial charge is 0.341 e. The van der Waals surface area contributed by atoms with Gasteiger partial charge in [-0.1, -0.05) is 26.0 Å². The van der Waals surface area contributed by atoms with E-state index in [0.717, 1.165) is 10.4 Å². The lowest BCUT2D eigenvalue weighted by Crippen LogP contribution is -2.17. The van der Waals surface area contributed by atoms with Crippen molar-refractivity contribution in [2.75, 3.05) is 5.32 Å². The van der Waals surface area contributed by atoms with Gasteiger partial charge in [0.1, 0.15) is 5.00 Å². The number of hydrogen-bond acceptors (Lipinski definition) is 4. The first-order valence-corrected chi connectivity index (χ1v) is 9.24. The Morgan fingerprint density at radius 1 is 1.04 bits per heavy atom. The average Bonchev–Trinajstić information content (AvgIpc) is 2.81. The van der Waals surface area contributed by atoms with Crippen molar-refractivity contribution in [1.29, 1.82) is 0 Å². The molecule has 0 spiro atoms. The molecule has 1 N–H and O–H groups in total. The summed E-state index contributed by atoms with van der Waals surface area (Å²) in [5.41, 5.74) is 3.04. The van der Waals surface area contributed by atoms with E-state index in [2.05, 4.69) is 19.2 Å². The number of esters is 1. The maximum atomic E-state index is 12.6. The summed E-state index contributed by atoms with van der Waals surface area (Å²) in [7, 11) is 0. The summed E-state index contributed by atoms with van der Waals surface area (Å²) < 4.78 is 5.32. The number of carbonyl (C=O) groups is 2. The molecule has 0 unspecified atom stereocenters. The van der Waals surface area contributed by atoms with Gasteiger partial charge in [-0.05, 0) is 56.9 Å². The van der Waals surface area contributed by atoms with Gasteiger partial charge in [0.2, 0.25) is 0 Å². The Bertz CT molecular complexity index is 773. The lowest BCUT2D eigenvalue weighted by molar-refractivity contribution is 0.0379. The summed E-state index contributed by atoms with van der Waals surface area (Å²) in [5, 5.41) is 3.41. The van der Waals surface area contributed by atoms with Crippen LogP contribution in [0, 0.1) is 13.8 Å². The Morgan fingerprint density at radius 3 is 2.16 bits per heavy atom. The summed E-state index contributed by atoms with van der Waals surface area (Å²) in [6, 6.07) is 7.53. The fraction of sp³-hybridized carbons (Fsp3) is 0.400. The zero-order valence-corrected chi connectivity index (χ0v) is 16.4. The van der Waals surface area contributed by atoms with Crippen molar-refractivity contribution < 1.29 is 14.3 Å². The van der Waals surface area contributed by atoms with Gasteiger partial charge in [0.15, 0.2) is 0 Å². The second-order valence-electron chi connectivity index (χ2n) is 6.67. The van der Waals surface area contributed by atoms with Gasteiger partial charge in [-0.2, -0.15) is 0 Å². The molecule has 5 heteroatoms. The molecule has 134 valence electrons. The molecule has 0 saturated carbocycles. The number of rotatable bonds is 5. The van der Waals surface area contributed by atoms with Gasteiger partial charge >= 0.3 is 5.97 Å². The SMILES string of the molecule is Cc1sc(NC(=O)c2ccc(C(C)C)cc2)c(C(=O)OC(C)C)c1C. The molecule has 25 heavy (non-hydrogen) atoms. The molecule has 2 rings (SSSR count). The van der Waals surface area contributed by atoms with E-state index in [4.69, 9.17) is 4.74 Å². The molecule has 0 saturated heterocycles. The number of nitrogens with one attached hydrogen (secondary N) is 1. The van der Waals surface area contributed by atoms with Crippen LogP contribution in [0.3, 0.4) is 0 Å². The van der Waals surface area contributed by atoms with Crippen LogP contribution in [0.1, 0.15) is 70.3 Å². The van der Waals surface area contributed by atoms with Gasteiger partial charge in [-0.3, -0.25) is 4.79 Å². The highest BCUT2D eigenvalue weighted by molar-refractivity contribution is 7.16. The lowest BCUT2D eigenvalue weighted by Gasteiger charge is -2.11. The van der Waals surface area contributed by atoms with Gasteiger partial charge in [0.25, 0.3) is 5.91 Å². The predicted octanol–water partition coefficient (Wildman–Crippen LogP) is 5.31. The fourth-order valence-electron chi connectivity index (χ4n) is 2.43.